The molecule has 0 spiro atoms. The van der Waals surface area contributed by atoms with Crippen LogP contribution in [0.25, 0.3) is 0 Å². The summed E-state index contributed by atoms with van der Waals surface area (Å²) < 4.78 is 0. The highest BCUT2D eigenvalue weighted by Crippen LogP contribution is 1.97. The lowest BCUT2D eigenvalue weighted by Crippen LogP contribution is -2.37. The van der Waals surface area contributed by atoms with E-state index in [0.29, 0.717) is 11.2 Å². The molecule has 1 aromatic heterocycles. The van der Waals surface area contributed by atoms with Crippen molar-refractivity contribution >= 4 is 23.0 Å². The van der Waals surface area contributed by atoms with Crippen LogP contribution in [0, 0.1) is 0 Å². The Labute approximate surface area is 101 Å². The van der Waals surface area contributed by atoms with Crippen LogP contribution in [0.3, 0.4) is 0 Å². The first-order valence-electron chi connectivity index (χ1n) is 5.11. The van der Waals surface area contributed by atoms with Crippen LogP contribution in [0.2, 0.25) is 0 Å². The predicted octanol–water partition coefficient (Wildman–Crippen LogP) is 1.68. The van der Waals surface area contributed by atoms with E-state index >= 15 is 0 Å². The number of aromatic nitrogens is 1. The van der Waals surface area contributed by atoms with Crippen molar-refractivity contribution in [3.8, 4) is 0 Å². The molecule has 4 nitrogen and oxygen atoms in total. The van der Waals surface area contributed by atoms with Gasteiger partial charge in [0.2, 0.25) is 0 Å². The average molecular weight is 236 g/mol. The van der Waals surface area contributed by atoms with Gasteiger partial charge in [-0.25, -0.2) is 0 Å². The van der Waals surface area contributed by atoms with E-state index in [2.05, 4.69) is 20.8 Å². The Morgan fingerprint density at radius 3 is 2.56 bits per heavy atom. The van der Waals surface area contributed by atoms with Gasteiger partial charge in [0.1, 0.15) is 0 Å². The minimum absolute atomic E-state index is 0.302. The minimum Gasteiger partial charge on any atom is -0.359 e. The standard InChI is InChI=1S/C11H16N4S/c1-8(2)13-11(16)15-14-9(3)10-4-6-12-7-5-10/h4-8H,1-3H3,(H2,13,15,16). The Morgan fingerprint density at radius 2 is 2.00 bits per heavy atom. The van der Waals surface area contributed by atoms with Crippen molar-refractivity contribution in [3.63, 3.8) is 0 Å². The molecule has 1 aromatic rings. The molecule has 0 fully saturated rings. The molecule has 0 atom stereocenters. The van der Waals surface area contributed by atoms with E-state index in [0.717, 1.165) is 11.3 Å². The van der Waals surface area contributed by atoms with Crippen molar-refractivity contribution in [2.45, 2.75) is 26.8 Å². The van der Waals surface area contributed by atoms with Gasteiger partial charge in [0, 0.05) is 24.0 Å². The van der Waals surface area contributed by atoms with E-state index < -0.39 is 0 Å². The fourth-order valence-corrected chi connectivity index (χ4v) is 1.37. The molecule has 0 saturated carbocycles. The molecule has 0 aromatic carbocycles. The second-order valence-corrected chi connectivity index (χ2v) is 4.08. The molecule has 0 saturated heterocycles. The molecule has 0 unspecified atom stereocenters. The van der Waals surface area contributed by atoms with Crippen LogP contribution < -0.4 is 10.7 Å². The van der Waals surface area contributed by atoms with Crippen molar-refractivity contribution in [1.29, 1.82) is 0 Å². The summed E-state index contributed by atoms with van der Waals surface area (Å²) in [4.78, 5) is 3.95. The van der Waals surface area contributed by atoms with E-state index in [1.807, 2.05) is 32.9 Å². The van der Waals surface area contributed by atoms with Gasteiger partial charge in [0.05, 0.1) is 5.71 Å². The summed E-state index contributed by atoms with van der Waals surface area (Å²) in [6, 6.07) is 4.11. The van der Waals surface area contributed by atoms with Crippen LogP contribution in [-0.4, -0.2) is 21.8 Å². The summed E-state index contributed by atoms with van der Waals surface area (Å²) in [7, 11) is 0. The van der Waals surface area contributed by atoms with E-state index in [4.69, 9.17) is 12.2 Å². The maximum atomic E-state index is 5.06. The number of nitrogens with one attached hydrogen (secondary N) is 2. The van der Waals surface area contributed by atoms with E-state index in [-0.39, 0.29) is 0 Å². The lowest BCUT2D eigenvalue weighted by Gasteiger charge is -2.10. The predicted molar refractivity (Wildman–Crippen MR) is 70.5 cm³/mol. The fraction of sp³-hybridized carbons (Fsp3) is 0.364. The number of hydrazone groups is 1. The number of hydrogen-bond donors (Lipinski definition) is 2. The zero-order valence-electron chi connectivity index (χ0n) is 9.69. The Morgan fingerprint density at radius 1 is 1.38 bits per heavy atom. The summed E-state index contributed by atoms with van der Waals surface area (Å²) in [5.74, 6) is 0. The Balaban J connectivity index is 2.55. The first-order valence-corrected chi connectivity index (χ1v) is 5.51. The third kappa shape index (κ3) is 4.35. The highest BCUT2D eigenvalue weighted by molar-refractivity contribution is 7.80. The molecule has 0 aliphatic heterocycles. The highest BCUT2D eigenvalue weighted by Gasteiger charge is 1.98. The molecular weight excluding hydrogens is 220 g/mol. The van der Waals surface area contributed by atoms with Gasteiger partial charge in [-0.15, -0.1) is 0 Å². The van der Waals surface area contributed by atoms with Gasteiger partial charge < -0.3 is 5.32 Å². The normalized spacial score (nSPS) is 11.4. The first-order chi connectivity index (χ1) is 7.59. The van der Waals surface area contributed by atoms with E-state index in [1.165, 1.54) is 0 Å². The average Bonchev–Trinajstić information content (AvgIpc) is 2.26. The number of pyridine rings is 1. The van der Waals surface area contributed by atoms with Gasteiger partial charge in [0.15, 0.2) is 5.11 Å². The molecule has 0 amide bonds. The SMILES string of the molecule is CC(=NNC(=S)NC(C)C)c1ccncc1. The summed E-state index contributed by atoms with van der Waals surface area (Å²) in [5, 5.41) is 7.76. The first kappa shape index (κ1) is 12.6. The van der Waals surface area contributed by atoms with Gasteiger partial charge in [-0.2, -0.15) is 5.10 Å². The second-order valence-electron chi connectivity index (χ2n) is 3.67. The number of nitrogens with zero attached hydrogens (tertiary/aromatic N) is 2. The summed E-state index contributed by atoms with van der Waals surface area (Å²) in [6.07, 6.45) is 3.47. The monoisotopic (exact) mass is 236 g/mol. The minimum atomic E-state index is 0.302. The topological polar surface area (TPSA) is 49.3 Å². The molecule has 0 aliphatic carbocycles. The molecular formula is C11H16N4S. The van der Waals surface area contributed by atoms with Gasteiger partial charge >= 0.3 is 0 Å². The van der Waals surface area contributed by atoms with Crippen molar-refractivity contribution in [1.82, 2.24) is 15.7 Å². The quantitative estimate of drug-likeness (QED) is 0.476. The van der Waals surface area contributed by atoms with E-state index in [9.17, 15) is 0 Å². The maximum absolute atomic E-state index is 5.06. The maximum Gasteiger partial charge on any atom is 0.187 e. The number of rotatable bonds is 3. The smallest absolute Gasteiger partial charge is 0.187 e. The fourth-order valence-electron chi connectivity index (χ4n) is 1.09. The third-order valence-corrected chi connectivity index (χ3v) is 2.05. The molecule has 0 radical (unpaired) electrons. The number of hydrogen-bond acceptors (Lipinski definition) is 3. The van der Waals surface area contributed by atoms with Crippen molar-refractivity contribution in [3.05, 3.63) is 30.1 Å². The molecule has 0 aliphatic rings. The number of thiocarbonyl (C=S) groups is 1. The molecule has 5 heteroatoms. The van der Waals surface area contributed by atoms with Crippen LogP contribution in [-0.2, 0) is 0 Å². The third-order valence-electron chi connectivity index (χ3n) is 1.84. The van der Waals surface area contributed by atoms with Crippen molar-refractivity contribution < 1.29 is 0 Å². The zero-order valence-corrected chi connectivity index (χ0v) is 10.5. The Hall–Kier alpha value is -1.49. The molecule has 0 bridgehead atoms. The molecule has 1 heterocycles. The summed E-state index contributed by atoms with van der Waals surface area (Å²) in [6.45, 7) is 5.96. The second kappa shape index (κ2) is 6.17. The Kier molecular flexibility index (Phi) is 4.85. The van der Waals surface area contributed by atoms with Crippen LogP contribution in [0.1, 0.15) is 26.3 Å². The summed E-state index contributed by atoms with van der Waals surface area (Å²) in [5.41, 5.74) is 4.69. The van der Waals surface area contributed by atoms with Crippen LogP contribution >= 0.6 is 12.2 Å². The lowest BCUT2D eigenvalue weighted by atomic mass is 10.2. The largest absolute Gasteiger partial charge is 0.359 e. The van der Waals surface area contributed by atoms with Crippen LogP contribution in [0.15, 0.2) is 29.6 Å². The molecule has 86 valence electrons. The zero-order chi connectivity index (χ0) is 12.0. The van der Waals surface area contributed by atoms with Gasteiger partial charge in [-0.3, -0.25) is 10.4 Å². The molecule has 16 heavy (non-hydrogen) atoms. The van der Waals surface area contributed by atoms with Gasteiger partial charge in [0.25, 0.3) is 0 Å². The van der Waals surface area contributed by atoms with E-state index in [1.54, 1.807) is 12.4 Å². The van der Waals surface area contributed by atoms with Gasteiger partial charge in [-0.1, -0.05) is 0 Å². The Bertz CT molecular complexity index is 373. The van der Waals surface area contributed by atoms with Gasteiger partial charge in [-0.05, 0) is 45.1 Å². The van der Waals surface area contributed by atoms with Crippen molar-refractivity contribution in [2.24, 2.45) is 5.10 Å². The summed E-state index contributed by atoms with van der Waals surface area (Å²) >= 11 is 5.06. The molecule has 2 N–H and O–H groups in total. The lowest BCUT2D eigenvalue weighted by molar-refractivity contribution is 0.719. The molecule has 1 rings (SSSR count). The van der Waals surface area contributed by atoms with Crippen LogP contribution in [0.4, 0.5) is 0 Å². The van der Waals surface area contributed by atoms with Crippen LogP contribution in [0.5, 0.6) is 0 Å². The van der Waals surface area contributed by atoms with Crippen molar-refractivity contribution in [2.75, 3.05) is 0 Å². The highest BCUT2D eigenvalue weighted by atomic mass is 32.1.